The third-order valence-corrected chi connectivity index (χ3v) is 6.08. The predicted octanol–water partition coefficient (Wildman–Crippen LogP) is 3.69. The Morgan fingerprint density at radius 1 is 1.25 bits per heavy atom. The first-order valence-electron chi connectivity index (χ1n) is 8.96. The number of anilines is 2. The van der Waals surface area contributed by atoms with Crippen LogP contribution < -0.4 is 10.6 Å². The molecule has 0 aliphatic carbocycles. The highest BCUT2D eigenvalue weighted by atomic mass is 32.2. The second-order valence-electron chi connectivity index (χ2n) is 6.81. The van der Waals surface area contributed by atoms with Gasteiger partial charge in [0.2, 0.25) is 11.0 Å². The topological polar surface area (TPSA) is 93.2 Å². The van der Waals surface area contributed by atoms with Crippen LogP contribution in [0.3, 0.4) is 0 Å². The van der Waals surface area contributed by atoms with Crippen LogP contribution in [0.15, 0.2) is 22.5 Å². The van der Waals surface area contributed by atoms with Gasteiger partial charge in [0.05, 0.1) is 12.9 Å². The number of hydrogen-bond acceptors (Lipinski definition) is 8. The Morgan fingerprint density at radius 2 is 2.00 bits per heavy atom. The molecule has 2 N–H and O–H groups in total. The smallest absolute Gasteiger partial charge is 0.328 e. The van der Waals surface area contributed by atoms with Crippen molar-refractivity contribution in [2.45, 2.75) is 44.5 Å². The van der Waals surface area contributed by atoms with E-state index in [1.165, 1.54) is 35.8 Å². The number of ether oxygens (including phenoxy) is 1. The summed E-state index contributed by atoms with van der Waals surface area (Å²) in [4.78, 5) is 24.0. The Bertz CT molecular complexity index is 823. The van der Waals surface area contributed by atoms with Gasteiger partial charge in [-0.1, -0.05) is 49.1 Å². The Labute approximate surface area is 173 Å². The molecule has 0 aliphatic heterocycles. The third-order valence-electron chi connectivity index (χ3n) is 4.11. The van der Waals surface area contributed by atoms with Crippen LogP contribution in [0.5, 0.6) is 0 Å². The highest BCUT2D eigenvalue weighted by molar-refractivity contribution is 8.01. The van der Waals surface area contributed by atoms with E-state index in [0.29, 0.717) is 15.9 Å². The molecule has 28 heavy (non-hydrogen) atoms. The van der Waals surface area contributed by atoms with Gasteiger partial charge < -0.3 is 15.4 Å². The van der Waals surface area contributed by atoms with E-state index in [-0.39, 0.29) is 17.6 Å². The molecule has 1 aromatic carbocycles. The van der Waals surface area contributed by atoms with Crippen molar-refractivity contribution in [3.05, 3.63) is 29.3 Å². The fraction of sp³-hybridized carbons (Fsp3) is 0.474. The van der Waals surface area contributed by atoms with Crippen molar-refractivity contribution in [1.82, 2.24) is 15.5 Å². The number of nitrogens with zero attached hydrogens (tertiary/aromatic N) is 2. The highest BCUT2D eigenvalue weighted by Crippen LogP contribution is 2.29. The molecule has 1 aromatic heterocycles. The Kier molecular flexibility index (Phi) is 8.25. The summed E-state index contributed by atoms with van der Waals surface area (Å²) in [5.41, 5.74) is 3.34. The second-order valence-corrected chi connectivity index (χ2v) is 9.01. The van der Waals surface area contributed by atoms with Gasteiger partial charge in [-0.3, -0.25) is 4.79 Å². The first-order chi connectivity index (χ1) is 13.3. The molecule has 0 fully saturated rings. The number of benzene rings is 1. The number of methoxy groups -OCH3 is 1. The molecule has 0 radical (unpaired) electrons. The summed E-state index contributed by atoms with van der Waals surface area (Å²) < 4.78 is 5.45. The number of nitrogens with one attached hydrogen (secondary N) is 2. The van der Waals surface area contributed by atoms with Crippen LogP contribution >= 0.6 is 23.1 Å². The Balaban J connectivity index is 1.90. The van der Waals surface area contributed by atoms with E-state index < -0.39 is 12.0 Å². The van der Waals surface area contributed by atoms with Gasteiger partial charge in [-0.05, 0) is 43.4 Å². The van der Waals surface area contributed by atoms with Crippen LogP contribution in [0.2, 0.25) is 0 Å². The standard InChI is InChI=1S/C19H26N4O3S2/c1-11(2)9-15(17(25)26-5)20-16(24)10-27-19-23-22-18(28-19)21-14-8-6-7-12(3)13(14)4/h6-8,11,15H,9-10H2,1-5H3,(H,20,24)(H,21,22). The van der Waals surface area contributed by atoms with Crippen molar-refractivity contribution in [1.29, 1.82) is 0 Å². The van der Waals surface area contributed by atoms with Crippen molar-refractivity contribution in [3.63, 3.8) is 0 Å². The van der Waals surface area contributed by atoms with Crippen molar-refractivity contribution < 1.29 is 14.3 Å². The summed E-state index contributed by atoms with van der Waals surface area (Å²) in [5.74, 6) is -0.244. The molecular weight excluding hydrogens is 396 g/mol. The minimum absolute atomic E-state index is 0.156. The quantitative estimate of drug-likeness (QED) is 0.470. The number of carbonyl (C=O) groups is 2. The number of aromatic nitrogens is 2. The van der Waals surface area contributed by atoms with Crippen molar-refractivity contribution in [2.75, 3.05) is 18.2 Å². The number of aryl methyl sites for hydroxylation is 1. The molecule has 1 heterocycles. The largest absolute Gasteiger partial charge is 0.467 e. The summed E-state index contributed by atoms with van der Waals surface area (Å²) in [6.07, 6.45) is 0.534. The summed E-state index contributed by atoms with van der Waals surface area (Å²) in [6, 6.07) is 5.40. The molecule has 0 spiro atoms. The predicted molar refractivity (Wildman–Crippen MR) is 113 cm³/mol. The number of esters is 1. The average molecular weight is 423 g/mol. The van der Waals surface area contributed by atoms with E-state index in [0.717, 1.165) is 11.3 Å². The lowest BCUT2D eigenvalue weighted by molar-refractivity contribution is -0.145. The van der Waals surface area contributed by atoms with Gasteiger partial charge >= 0.3 is 5.97 Å². The molecule has 2 aromatic rings. The highest BCUT2D eigenvalue weighted by Gasteiger charge is 2.22. The molecular formula is C19H26N4O3S2. The number of rotatable bonds is 9. The number of carbonyl (C=O) groups excluding carboxylic acids is 2. The van der Waals surface area contributed by atoms with Gasteiger partial charge in [0, 0.05) is 5.69 Å². The fourth-order valence-corrected chi connectivity index (χ4v) is 4.09. The van der Waals surface area contributed by atoms with Crippen LogP contribution in [0.25, 0.3) is 0 Å². The molecule has 152 valence electrons. The zero-order chi connectivity index (χ0) is 20.7. The molecule has 0 aliphatic rings. The van der Waals surface area contributed by atoms with Gasteiger partial charge in [0.15, 0.2) is 4.34 Å². The molecule has 1 atom stereocenters. The summed E-state index contributed by atoms with van der Waals surface area (Å²) in [6.45, 7) is 8.08. The van der Waals surface area contributed by atoms with E-state index in [4.69, 9.17) is 4.74 Å². The van der Waals surface area contributed by atoms with Crippen LogP contribution in [0, 0.1) is 19.8 Å². The van der Waals surface area contributed by atoms with Gasteiger partial charge in [-0.25, -0.2) is 4.79 Å². The van der Waals surface area contributed by atoms with Crippen molar-refractivity contribution >= 4 is 45.8 Å². The first kappa shape index (κ1) is 22.2. The first-order valence-corrected chi connectivity index (χ1v) is 10.8. The molecule has 9 heteroatoms. The lowest BCUT2D eigenvalue weighted by Gasteiger charge is -2.17. The monoisotopic (exact) mass is 422 g/mol. The molecule has 0 bridgehead atoms. The lowest BCUT2D eigenvalue weighted by atomic mass is 10.0. The zero-order valence-electron chi connectivity index (χ0n) is 16.7. The summed E-state index contributed by atoms with van der Waals surface area (Å²) in [5, 5.41) is 14.9. The van der Waals surface area contributed by atoms with E-state index >= 15 is 0 Å². The summed E-state index contributed by atoms with van der Waals surface area (Å²) in [7, 11) is 1.32. The van der Waals surface area contributed by atoms with Crippen LogP contribution in [0.4, 0.5) is 10.8 Å². The van der Waals surface area contributed by atoms with Gasteiger partial charge in [0.25, 0.3) is 0 Å². The van der Waals surface area contributed by atoms with E-state index in [1.54, 1.807) is 0 Å². The SMILES string of the molecule is COC(=O)C(CC(C)C)NC(=O)CSc1nnc(Nc2cccc(C)c2C)s1. The average Bonchev–Trinajstić information content (AvgIpc) is 3.09. The van der Waals surface area contributed by atoms with Crippen molar-refractivity contribution in [3.8, 4) is 0 Å². The fourth-order valence-electron chi connectivity index (χ4n) is 2.51. The number of amides is 1. The molecule has 0 saturated heterocycles. The van der Waals surface area contributed by atoms with Crippen molar-refractivity contribution in [2.24, 2.45) is 5.92 Å². The molecule has 2 rings (SSSR count). The minimum Gasteiger partial charge on any atom is -0.467 e. The molecule has 7 nitrogen and oxygen atoms in total. The number of hydrogen-bond donors (Lipinski definition) is 2. The summed E-state index contributed by atoms with van der Waals surface area (Å²) >= 11 is 2.67. The second kappa shape index (κ2) is 10.4. The maximum absolute atomic E-state index is 12.2. The van der Waals surface area contributed by atoms with Crippen LogP contribution in [-0.4, -0.2) is 41.0 Å². The maximum atomic E-state index is 12.2. The van der Waals surface area contributed by atoms with E-state index in [2.05, 4.69) is 33.8 Å². The van der Waals surface area contributed by atoms with Crippen LogP contribution in [0.1, 0.15) is 31.4 Å². The number of thioether (sulfide) groups is 1. The lowest BCUT2D eigenvalue weighted by Crippen LogP contribution is -2.43. The van der Waals surface area contributed by atoms with Gasteiger partial charge in [0.1, 0.15) is 6.04 Å². The van der Waals surface area contributed by atoms with E-state index in [1.807, 2.05) is 32.9 Å². The Morgan fingerprint density at radius 3 is 2.68 bits per heavy atom. The minimum atomic E-state index is -0.631. The molecule has 1 amide bonds. The molecule has 0 saturated carbocycles. The van der Waals surface area contributed by atoms with Gasteiger partial charge in [-0.15, -0.1) is 10.2 Å². The van der Waals surface area contributed by atoms with E-state index in [9.17, 15) is 9.59 Å². The zero-order valence-corrected chi connectivity index (χ0v) is 18.4. The third kappa shape index (κ3) is 6.49. The molecule has 1 unspecified atom stereocenters. The van der Waals surface area contributed by atoms with Crippen LogP contribution in [-0.2, 0) is 14.3 Å². The normalized spacial score (nSPS) is 11.9. The van der Waals surface area contributed by atoms with Gasteiger partial charge in [-0.2, -0.15) is 0 Å². The Hall–Kier alpha value is -2.13. The maximum Gasteiger partial charge on any atom is 0.328 e.